The van der Waals surface area contributed by atoms with E-state index in [0.29, 0.717) is 18.1 Å². The molecule has 0 spiro atoms. The van der Waals surface area contributed by atoms with Crippen molar-refractivity contribution in [1.82, 2.24) is 9.97 Å². The van der Waals surface area contributed by atoms with E-state index in [4.69, 9.17) is 5.14 Å². The predicted octanol–water partition coefficient (Wildman–Crippen LogP) is 1.89. The van der Waals surface area contributed by atoms with E-state index in [9.17, 15) is 13.2 Å². The maximum absolute atomic E-state index is 12.6. The molecule has 1 aliphatic rings. The van der Waals surface area contributed by atoms with E-state index < -0.39 is 10.0 Å². The van der Waals surface area contributed by atoms with E-state index in [1.165, 1.54) is 17.8 Å². The van der Waals surface area contributed by atoms with Crippen LogP contribution in [0.15, 0.2) is 52.5 Å². The fourth-order valence-electron chi connectivity index (χ4n) is 3.02. The van der Waals surface area contributed by atoms with Crippen LogP contribution in [0.4, 0.5) is 5.69 Å². The number of aromatic amines is 1. The summed E-state index contributed by atoms with van der Waals surface area (Å²) in [5.74, 6) is 0.202. The molecule has 2 heterocycles. The Balaban J connectivity index is 1.48. The second-order valence-electron chi connectivity index (χ2n) is 5.98. The number of thioether (sulfide) groups is 1. The fourth-order valence-corrected chi connectivity index (χ4v) is 4.35. The van der Waals surface area contributed by atoms with Crippen LogP contribution in [0.25, 0.3) is 11.0 Å². The molecule has 3 aromatic rings. The van der Waals surface area contributed by atoms with E-state index in [-0.39, 0.29) is 16.6 Å². The molecular formula is C17H16N4O3S2. The van der Waals surface area contributed by atoms with Gasteiger partial charge in [-0.3, -0.25) is 4.79 Å². The third kappa shape index (κ3) is 3.20. The van der Waals surface area contributed by atoms with E-state index in [1.807, 2.05) is 24.3 Å². The number of imidazole rings is 1. The number of nitrogens with two attached hydrogens (primary N) is 1. The molecule has 1 aromatic heterocycles. The number of carbonyl (C=O) groups excluding carboxylic acids is 1. The van der Waals surface area contributed by atoms with Gasteiger partial charge in [0, 0.05) is 12.2 Å². The number of para-hydroxylation sites is 2. The topological polar surface area (TPSA) is 109 Å². The average Bonchev–Trinajstić information content (AvgIpc) is 3.21. The van der Waals surface area contributed by atoms with Crippen LogP contribution in [0.3, 0.4) is 0 Å². The first-order valence-electron chi connectivity index (χ1n) is 7.95. The highest BCUT2D eigenvalue weighted by Crippen LogP contribution is 2.31. The molecular weight excluding hydrogens is 372 g/mol. The van der Waals surface area contributed by atoms with Crippen LogP contribution < -0.4 is 10.0 Å². The monoisotopic (exact) mass is 388 g/mol. The molecule has 1 aliphatic heterocycles. The van der Waals surface area contributed by atoms with E-state index in [1.54, 1.807) is 17.0 Å². The third-order valence-electron chi connectivity index (χ3n) is 4.28. The summed E-state index contributed by atoms with van der Waals surface area (Å²) < 4.78 is 22.9. The highest BCUT2D eigenvalue weighted by atomic mass is 32.2. The number of H-pyrrole nitrogens is 1. The molecule has 0 radical (unpaired) electrons. The zero-order valence-corrected chi connectivity index (χ0v) is 15.3. The summed E-state index contributed by atoms with van der Waals surface area (Å²) in [5.41, 5.74) is 3.36. The summed E-state index contributed by atoms with van der Waals surface area (Å²) in [7, 11) is -3.74. The van der Waals surface area contributed by atoms with Crippen molar-refractivity contribution in [2.45, 2.75) is 16.5 Å². The molecule has 0 fully saturated rings. The van der Waals surface area contributed by atoms with Crippen LogP contribution in [0, 0.1) is 0 Å². The van der Waals surface area contributed by atoms with Gasteiger partial charge in [0.2, 0.25) is 15.9 Å². The Morgan fingerprint density at radius 3 is 2.85 bits per heavy atom. The van der Waals surface area contributed by atoms with Crippen LogP contribution in [0.2, 0.25) is 0 Å². The van der Waals surface area contributed by atoms with Crippen molar-refractivity contribution in [3.05, 3.63) is 48.0 Å². The van der Waals surface area contributed by atoms with Gasteiger partial charge in [-0.05, 0) is 42.3 Å². The summed E-state index contributed by atoms with van der Waals surface area (Å²) in [5, 5.41) is 5.86. The Labute approximate surface area is 154 Å². The number of benzene rings is 2. The minimum atomic E-state index is -3.74. The van der Waals surface area contributed by atoms with Crippen molar-refractivity contribution in [3.63, 3.8) is 0 Å². The number of amides is 1. The number of anilines is 1. The minimum Gasteiger partial charge on any atom is -0.333 e. The number of hydrogen-bond acceptors (Lipinski definition) is 5. The maximum Gasteiger partial charge on any atom is 0.238 e. The fraction of sp³-hybridized carbons (Fsp3) is 0.176. The van der Waals surface area contributed by atoms with Crippen molar-refractivity contribution in [3.8, 4) is 0 Å². The first kappa shape index (κ1) is 17.1. The molecule has 134 valence electrons. The summed E-state index contributed by atoms with van der Waals surface area (Å²) >= 11 is 1.35. The number of hydrogen-bond donors (Lipinski definition) is 2. The van der Waals surface area contributed by atoms with E-state index in [0.717, 1.165) is 22.3 Å². The predicted molar refractivity (Wildman–Crippen MR) is 101 cm³/mol. The number of aromatic nitrogens is 2. The van der Waals surface area contributed by atoms with Gasteiger partial charge in [0.1, 0.15) is 0 Å². The number of nitrogens with one attached hydrogen (secondary N) is 1. The van der Waals surface area contributed by atoms with Gasteiger partial charge in [-0.15, -0.1) is 0 Å². The molecule has 0 unspecified atom stereocenters. The minimum absolute atomic E-state index is 0.0439. The third-order valence-corrected chi connectivity index (χ3v) is 6.05. The number of rotatable bonds is 4. The van der Waals surface area contributed by atoms with Gasteiger partial charge in [0.05, 0.1) is 21.7 Å². The molecule has 4 rings (SSSR count). The first-order valence-corrected chi connectivity index (χ1v) is 10.5. The Hall–Kier alpha value is -2.36. The van der Waals surface area contributed by atoms with Gasteiger partial charge in [0.15, 0.2) is 5.16 Å². The van der Waals surface area contributed by atoms with Gasteiger partial charge in [-0.2, -0.15) is 0 Å². The van der Waals surface area contributed by atoms with Gasteiger partial charge < -0.3 is 9.88 Å². The molecule has 3 N–H and O–H groups in total. The van der Waals surface area contributed by atoms with Gasteiger partial charge in [-0.1, -0.05) is 23.9 Å². The molecule has 0 atom stereocenters. The second-order valence-corrected chi connectivity index (χ2v) is 8.50. The highest BCUT2D eigenvalue weighted by Gasteiger charge is 2.26. The smallest absolute Gasteiger partial charge is 0.238 e. The SMILES string of the molecule is NS(=O)(=O)c1ccc2c(c1)CCN2C(=O)CSc1nc2ccccc2[nH]1. The molecule has 0 saturated carbocycles. The van der Waals surface area contributed by atoms with Crippen LogP contribution in [0.5, 0.6) is 0 Å². The van der Waals surface area contributed by atoms with Crippen LogP contribution in [0.1, 0.15) is 5.56 Å². The summed E-state index contributed by atoms with van der Waals surface area (Å²) in [6, 6.07) is 12.3. The highest BCUT2D eigenvalue weighted by molar-refractivity contribution is 7.99. The van der Waals surface area contributed by atoms with Gasteiger partial charge in [-0.25, -0.2) is 18.5 Å². The summed E-state index contributed by atoms with van der Waals surface area (Å²) in [4.78, 5) is 22.0. The Bertz CT molecular complexity index is 1080. The number of nitrogens with zero attached hydrogens (tertiary/aromatic N) is 2. The zero-order chi connectivity index (χ0) is 18.3. The van der Waals surface area contributed by atoms with E-state index in [2.05, 4.69) is 9.97 Å². The van der Waals surface area contributed by atoms with Crippen LogP contribution >= 0.6 is 11.8 Å². The Morgan fingerprint density at radius 1 is 1.27 bits per heavy atom. The molecule has 0 aliphatic carbocycles. The summed E-state index contributed by atoms with van der Waals surface area (Å²) in [6.45, 7) is 0.531. The standard InChI is InChI=1S/C17H16N4O3S2/c18-26(23,24)12-5-6-15-11(9-12)7-8-21(15)16(22)10-25-17-19-13-3-1-2-4-14(13)20-17/h1-6,9H,7-8,10H2,(H,19,20)(H2,18,23,24). The van der Waals surface area contributed by atoms with Crippen molar-refractivity contribution >= 4 is 44.4 Å². The van der Waals surface area contributed by atoms with Crippen molar-refractivity contribution in [1.29, 1.82) is 0 Å². The second kappa shape index (κ2) is 6.42. The molecule has 7 nitrogen and oxygen atoms in total. The normalized spacial score (nSPS) is 14.0. The quantitative estimate of drug-likeness (QED) is 0.664. The van der Waals surface area contributed by atoms with Crippen molar-refractivity contribution in [2.75, 3.05) is 17.2 Å². The number of primary sulfonamides is 1. The van der Waals surface area contributed by atoms with E-state index >= 15 is 0 Å². The summed E-state index contributed by atoms with van der Waals surface area (Å²) in [6.07, 6.45) is 0.611. The lowest BCUT2D eigenvalue weighted by Crippen LogP contribution is -2.30. The van der Waals surface area contributed by atoms with Crippen molar-refractivity contribution < 1.29 is 13.2 Å². The molecule has 9 heteroatoms. The number of sulfonamides is 1. The maximum atomic E-state index is 12.6. The number of fused-ring (bicyclic) bond motifs is 2. The molecule has 0 bridgehead atoms. The van der Waals surface area contributed by atoms with Crippen LogP contribution in [-0.4, -0.2) is 36.6 Å². The average molecular weight is 388 g/mol. The van der Waals surface area contributed by atoms with Gasteiger partial charge >= 0.3 is 0 Å². The van der Waals surface area contributed by atoms with Crippen molar-refractivity contribution in [2.24, 2.45) is 5.14 Å². The largest absolute Gasteiger partial charge is 0.333 e. The van der Waals surface area contributed by atoms with Crippen LogP contribution in [-0.2, 0) is 21.2 Å². The molecule has 0 saturated heterocycles. The molecule has 1 amide bonds. The first-order chi connectivity index (χ1) is 12.4. The lowest BCUT2D eigenvalue weighted by Gasteiger charge is -2.17. The van der Waals surface area contributed by atoms with Gasteiger partial charge in [0.25, 0.3) is 0 Å². The zero-order valence-electron chi connectivity index (χ0n) is 13.7. The lowest BCUT2D eigenvalue weighted by atomic mass is 10.2. The Kier molecular flexibility index (Phi) is 4.22. The molecule has 26 heavy (non-hydrogen) atoms. The number of carbonyl (C=O) groups is 1. The Morgan fingerprint density at radius 2 is 2.08 bits per heavy atom. The lowest BCUT2D eigenvalue weighted by molar-refractivity contribution is -0.116. The molecule has 2 aromatic carbocycles.